The summed E-state index contributed by atoms with van der Waals surface area (Å²) in [5, 5.41) is 3.35. The molecule has 0 aromatic heterocycles. The molecule has 1 aromatic carbocycles. The lowest BCUT2D eigenvalue weighted by molar-refractivity contribution is 0.345. The van der Waals surface area contributed by atoms with Crippen LogP contribution in [0.15, 0.2) is 4.79 Å². The Bertz CT molecular complexity index is 481. The van der Waals surface area contributed by atoms with Crippen LogP contribution in [0.4, 0.5) is 5.69 Å². The van der Waals surface area contributed by atoms with Gasteiger partial charge in [-0.05, 0) is 38.4 Å². The molecule has 1 N–H and O–H groups in total. The Labute approximate surface area is 121 Å². The van der Waals surface area contributed by atoms with E-state index in [1.54, 1.807) is 0 Å². The van der Waals surface area contributed by atoms with E-state index in [1.165, 1.54) is 0 Å². The first-order chi connectivity index (χ1) is 8.79. The highest BCUT2D eigenvalue weighted by atomic mass is 32.1. The third-order valence-corrected chi connectivity index (χ3v) is 3.86. The topological polar surface area (TPSA) is 32.3 Å². The zero-order valence-corrected chi connectivity index (χ0v) is 13.6. The Kier molecular flexibility index (Phi) is 5.68. The molecule has 3 nitrogen and oxygen atoms in total. The van der Waals surface area contributed by atoms with Crippen molar-refractivity contribution in [3.05, 3.63) is 20.3 Å². The molecule has 0 bridgehead atoms. The van der Waals surface area contributed by atoms with Crippen LogP contribution >= 0.6 is 12.2 Å². The highest BCUT2D eigenvalue weighted by Crippen LogP contribution is 2.30. The van der Waals surface area contributed by atoms with Gasteiger partial charge in [0, 0.05) is 12.1 Å². The SMILES string of the molecule is CCN(C)CCCCNc1c(C(C)(C)C)c(=O)c1=S. The fourth-order valence-electron chi connectivity index (χ4n) is 2.15. The first kappa shape index (κ1) is 16.3. The van der Waals surface area contributed by atoms with Crippen molar-refractivity contribution in [3.8, 4) is 0 Å². The lowest BCUT2D eigenvalue weighted by Gasteiger charge is -2.25. The molecule has 0 aliphatic heterocycles. The lowest BCUT2D eigenvalue weighted by Crippen LogP contribution is -2.31. The summed E-state index contributed by atoms with van der Waals surface area (Å²) in [5.74, 6) is 0. The Morgan fingerprint density at radius 1 is 1.26 bits per heavy atom. The maximum atomic E-state index is 11.8. The van der Waals surface area contributed by atoms with Crippen molar-refractivity contribution in [1.82, 2.24) is 4.90 Å². The second kappa shape index (κ2) is 6.62. The minimum Gasteiger partial charge on any atom is -0.383 e. The molecule has 0 atom stereocenters. The van der Waals surface area contributed by atoms with Crippen molar-refractivity contribution in [2.75, 3.05) is 32.0 Å². The van der Waals surface area contributed by atoms with Crippen molar-refractivity contribution >= 4 is 17.9 Å². The largest absolute Gasteiger partial charge is 0.383 e. The second-order valence-corrected chi connectivity index (χ2v) is 6.60. The van der Waals surface area contributed by atoms with Crippen LogP contribution < -0.4 is 10.7 Å². The quantitative estimate of drug-likeness (QED) is 0.615. The summed E-state index contributed by atoms with van der Waals surface area (Å²) < 4.78 is 0.482. The smallest absolute Gasteiger partial charge is 0.204 e. The van der Waals surface area contributed by atoms with Crippen LogP contribution in [0.2, 0.25) is 0 Å². The summed E-state index contributed by atoms with van der Waals surface area (Å²) in [5.41, 5.74) is 1.71. The van der Waals surface area contributed by atoms with Crippen LogP contribution in [0.1, 0.15) is 46.1 Å². The molecule has 4 heteroatoms. The summed E-state index contributed by atoms with van der Waals surface area (Å²) >= 11 is 5.13. The average molecular weight is 282 g/mol. The predicted octanol–water partition coefficient (Wildman–Crippen LogP) is 3.09. The molecule has 0 aliphatic carbocycles. The van der Waals surface area contributed by atoms with Crippen molar-refractivity contribution in [2.24, 2.45) is 0 Å². The fourth-order valence-corrected chi connectivity index (χ4v) is 2.43. The summed E-state index contributed by atoms with van der Waals surface area (Å²) in [7, 11) is 2.13. The van der Waals surface area contributed by atoms with Gasteiger partial charge in [-0.25, -0.2) is 0 Å². The monoisotopic (exact) mass is 282 g/mol. The molecule has 0 heterocycles. The normalized spacial score (nSPS) is 12.3. The van der Waals surface area contributed by atoms with Gasteiger partial charge in [-0.3, -0.25) is 4.79 Å². The van der Waals surface area contributed by atoms with Crippen LogP contribution in [0.5, 0.6) is 0 Å². The Hall–Kier alpha value is -0.740. The number of nitrogens with zero attached hydrogens (tertiary/aromatic N) is 1. The summed E-state index contributed by atoms with van der Waals surface area (Å²) in [6.45, 7) is 11.4. The molecule has 0 fully saturated rings. The first-order valence-electron chi connectivity index (χ1n) is 7.05. The van der Waals surface area contributed by atoms with Crippen LogP contribution in [0, 0.1) is 4.51 Å². The molecule has 0 unspecified atom stereocenters. The Morgan fingerprint density at radius 2 is 1.89 bits per heavy atom. The zero-order chi connectivity index (χ0) is 14.6. The molecule has 0 spiro atoms. The van der Waals surface area contributed by atoms with Crippen molar-refractivity contribution in [2.45, 2.75) is 46.0 Å². The molecule has 1 rings (SSSR count). The molecule has 108 valence electrons. The van der Waals surface area contributed by atoms with Crippen LogP contribution in [0.3, 0.4) is 0 Å². The second-order valence-electron chi connectivity index (χ2n) is 6.19. The van der Waals surface area contributed by atoms with E-state index in [4.69, 9.17) is 12.2 Å². The summed E-state index contributed by atoms with van der Waals surface area (Å²) in [4.78, 5) is 14.1. The number of unbranched alkanes of at least 4 members (excludes halogenated alkanes) is 1. The van der Waals surface area contributed by atoms with Crippen molar-refractivity contribution < 1.29 is 0 Å². The maximum absolute atomic E-state index is 11.8. The molecule has 0 saturated heterocycles. The van der Waals surface area contributed by atoms with E-state index in [0.717, 1.165) is 43.7 Å². The van der Waals surface area contributed by atoms with Gasteiger partial charge >= 0.3 is 0 Å². The average Bonchev–Trinajstić information content (AvgIpc) is 2.34. The molecule has 0 saturated carbocycles. The maximum Gasteiger partial charge on any atom is 0.204 e. The number of rotatable bonds is 7. The van der Waals surface area contributed by atoms with Gasteiger partial charge in [-0.1, -0.05) is 39.9 Å². The number of nitrogens with one attached hydrogen (secondary N) is 1. The lowest BCUT2D eigenvalue weighted by atomic mass is 9.82. The predicted molar refractivity (Wildman–Crippen MR) is 85.5 cm³/mol. The van der Waals surface area contributed by atoms with Gasteiger partial charge in [-0.2, -0.15) is 0 Å². The minimum atomic E-state index is -0.121. The van der Waals surface area contributed by atoms with Crippen LogP contribution in [-0.4, -0.2) is 31.6 Å². The number of hydrogen-bond acceptors (Lipinski definition) is 4. The van der Waals surface area contributed by atoms with Gasteiger partial charge in [-0.15, -0.1) is 0 Å². The van der Waals surface area contributed by atoms with Crippen molar-refractivity contribution in [3.63, 3.8) is 0 Å². The molecular weight excluding hydrogens is 256 g/mol. The van der Waals surface area contributed by atoms with Crippen molar-refractivity contribution in [1.29, 1.82) is 0 Å². The number of anilines is 1. The third-order valence-electron chi connectivity index (χ3n) is 3.47. The van der Waals surface area contributed by atoms with Crippen LogP contribution in [0.25, 0.3) is 0 Å². The summed E-state index contributed by atoms with van der Waals surface area (Å²) in [6.07, 6.45) is 2.26. The van der Waals surface area contributed by atoms with Gasteiger partial charge in [0.15, 0.2) is 0 Å². The van der Waals surface area contributed by atoms with Gasteiger partial charge < -0.3 is 10.2 Å². The number of hydrogen-bond donors (Lipinski definition) is 1. The van der Waals surface area contributed by atoms with Gasteiger partial charge in [0.25, 0.3) is 0 Å². The fraction of sp³-hybridized carbons (Fsp3) is 0.733. The third kappa shape index (κ3) is 4.11. The molecule has 19 heavy (non-hydrogen) atoms. The molecule has 1 aromatic rings. The van der Waals surface area contributed by atoms with E-state index in [2.05, 4.69) is 45.0 Å². The molecule has 0 amide bonds. The zero-order valence-electron chi connectivity index (χ0n) is 12.8. The van der Waals surface area contributed by atoms with E-state index in [-0.39, 0.29) is 10.8 Å². The first-order valence-corrected chi connectivity index (χ1v) is 7.46. The molecule has 0 radical (unpaired) electrons. The summed E-state index contributed by atoms with van der Waals surface area (Å²) in [6, 6.07) is 0. The molecular formula is C15H26N2OS. The van der Waals surface area contributed by atoms with Gasteiger partial charge in [0.1, 0.15) is 4.51 Å². The molecule has 0 aliphatic rings. The van der Waals surface area contributed by atoms with E-state index in [0.29, 0.717) is 4.51 Å². The van der Waals surface area contributed by atoms with E-state index in [9.17, 15) is 4.79 Å². The van der Waals surface area contributed by atoms with Crippen LogP contribution in [-0.2, 0) is 5.41 Å². The Morgan fingerprint density at radius 3 is 2.42 bits per heavy atom. The minimum absolute atomic E-state index is 0.0516. The van der Waals surface area contributed by atoms with E-state index < -0.39 is 0 Å². The highest BCUT2D eigenvalue weighted by molar-refractivity contribution is 7.71. The van der Waals surface area contributed by atoms with E-state index >= 15 is 0 Å². The van der Waals surface area contributed by atoms with Gasteiger partial charge in [0.05, 0.1) is 5.69 Å². The highest BCUT2D eigenvalue weighted by Gasteiger charge is 2.27. The Balaban J connectivity index is 2.45. The standard InChI is InChI=1S/C15H26N2OS/c1-6-17(5)10-8-7-9-16-12-11(15(2,3)4)13(18)14(12)19/h16H,6-10H2,1-5H3. The van der Waals surface area contributed by atoms with Gasteiger partial charge in [0.2, 0.25) is 5.43 Å². The van der Waals surface area contributed by atoms with E-state index in [1.807, 2.05) is 0 Å².